The number of hydrogen-bond acceptors (Lipinski definition) is 5. The Bertz CT molecular complexity index is 1020. The zero-order chi connectivity index (χ0) is 20.2. The number of fused-ring (bicyclic) bond motifs is 1. The van der Waals surface area contributed by atoms with E-state index in [0.29, 0.717) is 29.8 Å². The van der Waals surface area contributed by atoms with Crippen LogP contribution in [0.15, 0.2) is 60.0 Å². The van der Waals surface area contributed by atoms with Crippen molar-refractivity contribution in [3.05, 3.63) is 66.2 Å². The van der Waals surface area contributed by atoms with E-state index in [1.54, 1.807) is 29.1 Å². The van der Waals surface area contributed by atoms with Crippen molar-refractivity contribution >= 4 is 17.7 Å². The van der Waals surface area contributed by atoms with Crippen molar-refractivity contribution in [1.29, 1.82) is 0 Å². The first-order valence-corrected chi connectivity index (χ1v) is 10.2. The first-order chi connectivity index (χ1) is 14.1. The van der Waals surface area contributed by atoms with E-state index < -0.39 is 0 Å². The Morgan fingerprint density at radius 2 is 2.07 bits per heavy atom. The molecule has 1 aliphatic rings. The molecule has 1 amide bonds. The van der Waals surface area contributed by atoms with Gasteiger partial charge >= 0.3 is 0 Å². The molecule has 0 aliphatic carbocycles. The molecule has 0 radical (unpaired) electrons. The average Bonchev–Trinajstić information content (AvgIpc) is 3.20. The van der Waals surface area contributed by atoms with Gasteiger partial charge in [0.2, 0.25) is 5.91 Å². The minimum atomic E-state index is -0.321. The van der Waals surface area contributed by atoms with Gasteiger partial charge in [-0.15, -0.1) is 0 Å². The second-order valence-corrected chi connectivity index (χ2v) is 7.48. The highest BCUT2D eigenvalue weighted by Crippen LogP contribution is 2.32. The second kappa shape index (κ2) is 8.57. The Morgan fingerprint density at radius 3 is 2.90 bits per heavy atom. The van der Waals surface area contributed by atoms with Crippen LogP contribution in [0.1, 0.15) is 18.5 Å². The summed E-state index contributed by atoms with van der Waals surface area (Å²) in [4.78, 5) is 16.7. The van der Waals surface area contributed by atoms with Crippen molar-refractivity contribution in [3.63, 3.8) is 0 Å². The van der Waals surface area contributed by atoms with Crippen LogP contribution in [0.25, 0.3) is 5.69 Å². The number of ether oxygens (including phenoxy) is 2. The quantitative estimate of drug-likeness (QED) is 0.624. The van der Waals surface area contributed by atoms with Gasteiger partial charge in [-0.25, -0.2) is 9.37 Å². The van der Waals surface area contributed by atoms with Crippen molar-refractivity contribution in [2.24, 2.45) is 0 Å². The average molecular weight is 413 g/mol. The summed E-state index contributed by atoms with van der Waals surface area (Å²) in [6.07, 6.45) is 3.37. The summed E-state index contributed by atoms with van der Waals surface area (Å²) in [5.74, 6) is 1.17. The zero-order valence-corrected chi connectivity index (χ0v) is 16.6. The van der Waals surface area contributed by atoms with E-state index >= 15 is 0 Å². The van der Waals surface area contributed by atoms with Gasteiger partial charge in [0.05, 0.1) is 17.5 Å². The minimum absolute atomic E-state index is 0.119. The lowest BCUT2D eigenvalue weighted by atomic mass is 10.1. The summed E-state index contributed by atoms with van der Waals surface area (Å²) in [5.41, 5.74) is 1.60. The number of nitrogens with one attached hydrogen (secondary N) is 1. The standard InChI is InChI=1S/C21H20FN3O3S/c1-14(15-5-6-18-19(11-15)28-10-9-27-18)24-20(26)13-29-21-23-7-8-25(21)17-4-2-3-16(22)12-17/h2-8,11-12,14H,9-10,13H2,1H3,(H,24,26)/t14-/m0/s1. The molecule has 0 saturated carbocycles. The molecule has 0 saturated heterocycles. The highest BCUT2D eigenvalue weighted by molar-refractivity contribution is 7.99. The van der Waals surface area contributed by atoms with Gasteiger partial charge in [-0.05, 0) is 42.8 Å². The number of amides is 1. The fourth-order valence-electron chi connectivity index (χ4n) is 3.04. The molecule has 0 fully saturated rings. The summed E-state index contributed by atoms with van der Waals surface area (Å²) in [6, 6.07) is 11.7. The fourth-order valence-corrected chi connectivity index (χ4v) is 3.83. The van der Waals surface area contributed by atoms with Gasteiger partial charge < -0.3 is 14.8 Å². The maximum absolute atomic E-state index is 13.5. The van der Waals surface area contributed by atoms with Crippen LogP contribution in [0, 0.1) is 5.82 Å². The number of rotatable bonds is 6. The molecule has 0 unspecified atom stereocenters. The summed E-state index contributed by atoms with van der Waals surface area (Å²) in [7, 11) is 0. The van der Waals surface area contributed by atoms with Crippen molar-refractivity contribution < 1.29 is 18.7 Å². The summed E-state index contributed by atoms with van der Waals surface area (Å²) in [6.45, 7) is 2.98. The molecule has 6 nitrogen and oxygen atoms in total. The Morgan fingerprint density at radius 1 is 1.24 bits per heavy atom. The molecule has 8 heteroatoms. The highest BCUT2D eigenvalue weighted by Gasteiger charge is 2.16. The van der Waals surface area contributed by atoms with Crippen LogP contribution >= 0.6 is 11.8 Å². The van der Waals surface area contributed by atoms with E-state index in [9.17, 15) is 9.18 Å². The van der Waals surface area contributed by atoms with Crippen molar-refractivity contribution in [2.45, 2.75) is 18.1 Å². The molecule has 1 N–H and O–H groups in total. The number of aromatic nitrogens is 2. The van der Waals surface area contributed by atoms with Crippen LogP contribution in [0.5, 0.6) is 11.5 Å². The Labute approximate surface area is 172 Å². The van der Waals surface area contributed by atoms with Gasteiger partial charge in [-0.2, -0.15) is 0 Å². The van der Waals surface area contributed by atoms with Crippen molar-refractivity contribution in [2.75, 3.05) is 19.0 Å². The highest BCUT2D eigenvalue weighted by atomic mass is 32.2. The number of halogens is 1. The lowest BCUT2D eigenvalue weighted by Gasteiger charge is -2.21. The normalized spacial score (nSPS) is 13.7. The molecule has 0 bridgehead atoms. The molecule has 1 aromatic heterocycles. The summed E-state index contributed by atoms with van der Waals surface area (Å²) in [5, 5.41) is 3.60. The largest absolute Gasteiger partial charge is 0.486 e. The maximum atomic E-state index is 13.5. The lowest BCUT2D eigenvalue weighted by Crippen LogP contribution is -2.28. The molecule has 29 heavy (non-hydrogen) atoms. The van der Waals surface area contributed by atoms with Crippen molar-refractivity contribution in [3.8, 4) is 17.2 Å². The Balaban J connectivity index is 1.37. The minimum Gasteiger partial charge on any atom is -0.486 e. The zero-order valence-electron chi connectivity index (χ0n) is 15.8. The Kier molecular flexibility index (Phi) is 5.71. The number of carbonyl (C=O) groups is 1. The van der Waals surface area contributed by atoms with Gasteiger partial charge in [0.25, 0.3) is 0 Å². The predicted molar refractivity (Wildman–Crippen MR) is 108 cm³/mol. The molecular weight excluding hydrogens is 393 g/mol. The third kappa shape index (κ3) is 4.54. The van der Waals surface area contributed by atoms with Crippen LogP contribution in [0.4, 0.5) is 4.39 Å². The molecular formula is C21H20FN3O3S. The SMILES string of the molecule is C[C@H](NC(=O)CSc1nccn1-c1cccc(F)c1)c1ccc2c(c1)OCCO2. The molecule has 1 aliphatic heterocycles. The van der Waals surface area contributed by atoms with E-state index in [1.807, 2.05) is 25.1 Å². The van der Waals surface area contributed by atoms with Crippen LogP contribution in [0.3, 0.4) is 0 Å². The number of carbonyl (C=O) groups excluding carboxylic acids is 1. The molecule has 1 atom stereocenters. The van der Waals surface area contributed by atoms with Gasteiger partial charge in [-0.1, -0.05) is 23.9 Å². The number of benzene rings is 2. The van der Waals surface area contributed by atoms with Crippen LogP contribution in [-0.2, 0) is 4.79 Å². The van der Waals surface area contributed by atoms with Crippen LogP contribution < -0.4 is 14.8 Å². The molecule has 2 heterocycles. The predicted octanol–water partition coefficient (Wildman–Crippen LogP) is 3.75. The maximum Gasteiger partial charge on any atom is 0.230 e. The first kappa shape index (κ1) is 19.3. The van der Waals surface area contributed by atoms with E-state index in [-0.39, 0.29) is 23.5 Å². The molecule has 3 aromatic rings. The number of nitrogens with zero attached hydrogens (tertiary/aromatic N) is 2. The van der Waals surface area contributed by atoms with Crippen molar-refractivity contribution in [1.82, 2.24) is 14.9 Å². The smallest absolute Gasteiger partial charge is 0.230 e. The van der Waals surface area contributed by atoms with Gasteiger partial charge in [0.15, 0.2) is 16.7 Å². The van der Waals surface area contributed by atoms with Crippen LogP contribution in [0.2, 0.25) is 0 Å². The van der Waals surface area contributed by atoms with Gasteiger partial charge in [0, 0.05) is 12.4 Å². The lowest BCUT2D eigenvalue weighted by molar-refractivity contribution is -0.119. The third-order valence-electron chi connectivity index (χ3n) is 4.47. The van der Waals surface area contributed by atoms with E-state index in [1.165, 1.54) is 23.9 Å². The second-order valence-electron chi connectivity index (χ2n) is 6.54. The summed E-state index contributed by atoms with van der Waals surface area (Å²) < 4.78 is 26.4. The Hall–Kier alpha value is -3.00. The third-order valence-corrected chi connectivity index (χ3v) is 5.44. The molecule has 0 spiro atoms. The van der Waals surface area contributed by atoms with Gasteiger partial charge in [0.1, 0.15) is 19.0 Å². The number of thioether (sulfide) groups is 1. The number of imidazole rings is 1. The van der Waals surface area contributed by atoms with Gasteiger partial charge in [-0.3, -0.25) is 9.36 Å². The summed E-state index contributed by atoms with van der Waals surface area (Å²) >= 11 is 1.30. The molecule has 4 rings (SSSR count). The number of hydrogen-bond donors (Lipinski definition) is 1. The molecule has 2 aromatic carbocycles. The van der Waals surface area contributed by atoms with Crippen LogP contribution in [-0.4, -0.2) is 34.4 Å². The monoisotopic (exact) mass is 413 g/mol. The first-order valence-electron chi connectivity index (χ1n) is 9.21. The fraction of sp³-hybridized carbons (Fsp3) is 0.238. The van der Waals surface area contributed by atoms with E-state index in [0.717, 1.165) is 11.3 Å². The molecule has 150 valence electrons. The van der Waals surface area contributed by atoms with E-state index in [4.69, 9.17) is 9.47 Å². The van der Waals surface area contributed by atoms with E-state index in [2.05, 4.69) is 10.3 Å². The topological polar surface area (TPSA) is 65.4 Å².